The Morgan fingerprint density at radius 3 is 3.14 bits per heavy atom. The van der Waals surface area contributed by atoms with Crippen molar-refractivity contribution in [1.82, 2.24) is 15.2 Å². The molecular formula is C16H21N3O2. The molecule has 1 amide bonds. The van der Waals surface area contributed by atoms with E-state index in [9.17, 15) is 4.79 Å². The largest absolute Gasteiger partial charge is 0.447 e. The zero-order valence-electron chi connectivity index (χ0n) is 17.1. The Labute approximate surface area is 131 Å². The standard InChI is InChI=1S/C16H21N3O2/c1-19(2)6-5-12-9-17-15-4-3-11(8-14(12)15)7-13-10-21-16(20)18-13/h3-4,8-9,13,17H,5-7,10H2,1-2H3,(H,18,20)/t13-/m0/s1/i5D2,13D/hD2. The van der Waals surface area contributed by atoms with E-state index in [1.54, 1.807) is 37.2 Å². The third kappa shape index (κ3) is 3.19. The van der Waals surface area contributed by atoms with Gasteiger partial charge in [0.15, 0.2) is 2.82 Å². The van der Waals surface area contributed by atoms with Crippen molar-refractivity contribution in [3.8, 4) is 0 Å². The molecule has 112 valence electrons. The van der Waals surface area contributed by atoms with Crippen molar-refractivity contribution >= 4 is 17.0 Å². The maximum Gasteiger partial charge on any atom is 0.407 e. The monoisotopic (exact) mass is 292 g/mol. The summed E-state index contributed by atoms with van der Waals surface area (Å²) in [5.74, 6) is 0. The number of alkyl carbamates (subject to hydrolysis) is 1. The van der Waals surface area contributed by atoms with Gasteiger partial charge in [0.25, 0.3) is 0 Å². The van der Waals surface area contributed by atoms with E-state index in [-0.39, 0.29) is 19.6 Å². The van der Waals surface area contributed by atoms with Crippen LogP contribution in [0.15, 0.2) is 24.4 Å². The Hall–Kier alpha value is -2.01. The van der Waals surface area contributed by atoms with Crippen LogP contribution >= 0.6 is 0 Å². The van der Waals surface area contributed by atoms with Gasteiger partial charge in [0, 0.05) is 26.4 Å². The van der Waals surface area contributed by atoms with E-state index in [0.717, 1.165) is 4.98 Å². The Bertz CT molecular complexity index is 854. The number of amides is 1. The maximum atomic E-state index is 11.4. The van der Waals surface area contributed by atoms with Gasteiger partial charge >= 0.3 is 6.09 Å². The molecule has 1 fully saturated rings. The van der Waals surface area contributed by atoms with Gasteiger partial charge in [-0.3, -0.25) is 0 Å². The van der Waals surface area contributed by atoms with Crippen molar-refractivity contribution < 1.29 is 16.5 Å². The summed E-state index contributed by atoms with van der Waals surface area (Å²) in [5, 5.41) is 1.12. The van der Waals surface area contributed by atoms with Crippen molar-refractivity contribution in [3.05, 3.63) is 35.5 Å². The highest BCUT2D eigenvalue weighted by atomic mass is 16.6. The van der Waals surface area contributed by atoms with Crippen LogP contribution in [0.2, 0.25) is 2.82 Å². The average Bonchev–Trinajstić information content (AvgIpc) is 2.99. The van der Waals surface area contributed by atoms with Crippen molar-refractivity contribution in [2.75, 3.05) is 27.2 Å². The number of benzene rings is 1. The van der Waals surface area contributed by atoms with Crippen LogP contribution in [0.25, 0.3) is 10.9 Å². The van der Waals surface area contributed by atoms with Crippen LogP contribution in [0.3, 0.4) is 0 Å². The van der Waals surface area contributed by atoms with E-state index in [1.165, 1.54) is 6.20 Å². The molecule has 1 saturated heterocycles. The molecule has 2 aromatic rings. The first-order valence-corrected chi connectivity index (χ1v) is 6.78. The molecule has 1 aromatic carbocycles. The number of rotatable bonds is 5. The highest BCUT2D eigenvalue weighted by Gasteiger charge is 2.22. The molecule has 0 spiro atoms. The lowest BCUT2D eigenvalue weighted by molar-refractivity contribution is 0.177. The number of aromatic nitrogens is 1. The highest BCUT2D eigenvalue weighted by molar-refractivity contribution is 5.84. The third-order valence-corrected chi connectivity index (χ3v) is 3.29. The van der Waals surface area contributed by atoms with Crippen LogP contribution in [0.1, 0.15) is 15.2 Å². The molecule has 2 N–H and O–H groups in total. The fourth-order valence-electron chi connectivity index (χ4n) is 2.27. The lowest BCUT2D eigenvalue weighted by Crippen LogP contribution is -2.28. The Morgan fingerprint density at radius 1 is 1.57 bits per heavy atom. The van der Waals surface area contributed by atoms with Crippen LogP contribution < -0.4 is 5.31 Å². The smallest absolute Gasteiger partial charge is 0.407 e. The SMILES string of the molecule is [2H]N1C(=O)OC[C@]1([2H])Cc1ccc2c(c1)c(C([2H])([2H])CN(C)C)cn2[2H]. The average molecular weight is 292 g/mol. The molecular weight excluding hydrogens is 266 g/mol. The van der Waals surface area contributed by atoms with Crippen LogP contribution in [-0.4, -0.2) is 49.2 Å². The Kier molecular flexibility index (Phi) is 2.50. The van der Waals surface area contributed by atoms with E-state index in [1.807, 2.05) is 0 Å². The number of fused-ring (bicyclic) bond motifs is 1. The van der Waals surface area contributed by atoms with Crippen molar-refractivity contribution in [2.45, 2.75) is 18.8 Å². The topological polar surface area (TPSA) is 57.4 Å². The summed E-state index contributed by atoms with van der Waals surface area (Å²) in [6.07, 6.45) is -0.953. The molecule has 2 heterocycles. The molecule has 0 radical (unpaired) electrons. The van der Waals surface area contributed by atoms with Crippen molar-refractivity contribution in [2.24, 2.45) is 0 Å². The third-order valence-electron chi connectivity index (χ3n) is 3.29. The summed E-state index contributed by atoms with van der Waals surface area (Å²) in [7, 11) is 3.57. The minimum Gasteiger partial charge on any atom is -0.447 e. The number of ether oxygens (including phenoxy) is 1. The van der Waals surface area contributed by atoms with Gasteiger partial charge in [-0.1, -0.05) is 6.07 Å². The first kappa shape index (κ1) is 9.10. The van der Waals surface area contributed by atoms with Crippen molar-refractivity contribution in [3.63, 3.8) is 0 Å². The van der Waals surface area contributed by atoms with Gasteiger partial charge in [-0.2, -0.15) is 0 Å². The molecule has 0 unspecified atom stereocenters. The number of H-pyrrole nitrogens is 1. The maximum absolute atomic E-state index is 11.4. The number of nitrogens with zero attached hydrogens (tertiary/aromatic N) is 1. The minimum atomic E-state index is -1.65. The summed E-state index contributed by atoms with van der Waals surface area (Å²) in [6, 6.07) is 3.64. The summed E-state index contributed by atoms with van der Waals surface area (Å²) >= 11 is 0. The fraction of sp³-hybridized carbons (Fsp3) is 0.438. The molecule has 1 atom stereocenters. The number of aromatic amines is 1. The summed E-state index contributed by atoms with van der Waals surface area (Å²) in [5.41, 5.74) is 1.64. The number of likely N-dealkylation sites (N-methyl/N-ethyl adjacent to an activating group) is 1. The molecule has 5 heteroatoms. The summed E-state index contributed by atoms with van der Waals surface area (Å²) in [6.45, 7) is -0.0251. The predicted molar refractivity (Wildman–Crippen MR) is 82.5 cm³/mol. The zero-order chi connectivity index (χ0) is 19.3. The first-order valence-electron chi connectivity index (χ1n) is 9.17. The van der Waals surface area contributed by atoms with Crippen LogP contribution in [0, 0.1) is 0 Å². The number of nitrogens with one attached hydrogen (secondary N) is 2. The normalized spacial score (nSPS) is 26.3. The molecule has 0 saturated carbocycles. The van der Waals surface area contributed by atoms with E-state index < -0.39 is 18.5 Å². The molecule has 3 rings (SSSR count). The van der Waals surface area contributed by atoms with Gasteiger partial charge in [-0.05, 0) is 50.1 Å². The fourth-order valence-corrected chi connectivity index (χ4v) is 2.27. The zero-order valence-corrected chi connectivity index (χ0v) is 12.1. The number of hydrogen-bond acceptors (Lipinski definition) is 3. The molecule has 5 nitrogen and oxygen atoms in total. The van der Waals surface area contributed by atoms with E-state index in [0.29, 0.717) is 27.3 Å². The molecule has 1 aliphatic heterocycles. The second-order valence-corrected chi connectivity index (χ2v) is 5.35. The number of cyclic esters (lactones) is 1. The first-order chi connectivity index (χ1) is 12.0. The van der Waals surface area contributed by atoms with Crippen LogP contribution in [0.4, 0.5) is 4.79 Å². The molecule has 0 aliphatic carbocycles. The van der Waals surface area contributed by atoms with Gasteiger partial charge in [-0.15, -0.1) is 0 Å². The lowest BCUT2D eigenvalue weighted by Gasteiger charge is -2.09. The minimum absolute atomic E-state index is 0.0808. The van der Waals surface area contributed by atoms with Crippen molar-refractivity contribution in [1.29, 1.82) is 0 Å². The predicted octanol–water partition coefficient (Wildman–Crippen LogP) is 1.92. The van der Waals surface area contributed by atoms with Crippen LogP contribution in [-0.2, 0) is 17.5 Å². The van der Waals surface area contributed by atoms with Gasteiger partial charge in [-0.25, -0.2) is 4.79 Å². The molecule has 1 aliphatic rings. The number of carbonyl (C=O) groups is 1. The van der Waals surface area contributed by atoms with E-state index in [4.69, 9.17) is 11.7 Å². The second kappa shape index (κ2) is 5.77. The molecule has 0 bridgehead atoms. The highest BCUT2D eigenvalue weighted by Crippen LogP contribution is 2.21. The number of carbonyl (C=O) groups excluding carboxylic acids is 1. The van der Waals surface area contributed by atoms with Crippen LogP contribution in [0.5, 0.6) is 0 Å². The van der Waals surface area contributed by atoms with Gasteiger partial charge < -0.3 is 19.9 Å². The van der Waals surface area contributed by atoms with Gasteiger partial charge in [0.05, 0.1) is 7.39 Å². The van der Waals surface area contributed by atoms with Gasteiger partial charge in [0.2, 0.25) is 0 Å². The quantitative estimate of drug-likeness (QED) is 0.885. The molecule has 1 aromatic heterocycles. The van der Waals surface area contributed by atoms with E-state index >= 15 is 0 Å². The van der Waals surface area contributed by atoms with E-state index in [2.05, 4.69) is 0 Å². The van der Waals surface area contributed by atoms with Gasteiger partial charge in [0.1, 0.15) is 6.61 Å². The summed E-state index contributed by atoms with van der Waals surface area (Å²) < 4.78 is 45.6. The Morgan fingerprint density at radius 2 is 2.43 bits per heavy atom. The second-order valence-electron chi connectivity index (χ2n) is 5.35. The summed E-state index contributed by atoms with van der Waals surface area (Å²) in [4.78, 5) is 14.3. The lowest BCUT2D eigenvalue weighted by atomic mass is 10.0. The number of hydrogen-bond donors (Lipinski definition) is 2. The molecule has 21 heavy (non-hydrogen) atoms. The Balaban J connectivity index is 2.00.